The number of hydrogen-bond donors (Lipinski definition) is 1. The van der Waals surface area contributed by atoms with Gasteiger partial charge in [-0.1, -0.05) is 60.5 Å². The van der Waals surface area contributed by atoms with Crippen molar-refractivity contribution in [3.05, 3.63) is 97.4 Å². The van der Waals surface area contributed by atoms with Gasteiger partial charge in [-0.05, 0) is 75.4 Å². The van der Waals surface area contributed by atoms with Gasteiger partial charge in [0.2, 0.25) is 0 Å². The molecule has 0 aliphatic rings. The number of para-hydroxylation sites is 1. The van der Waals surface area contributed by atoms with Crippen molar-refractivity contribution in [2.45, 2.75) is 20.0 Å². The van der Waals surface area contributed by atoms with Crippen molar-refractivity contribution in [1.82, 2.24) is 0 Å². The molecule has 0 saturated heterocycles. The Kier molecular flexibility index (Phi) is 8.35. The van der Waals surface area contributed by atoms with Crippen LogP contribution in [0.15, 0.2) is 70.7 Å². The van der Waals surface area contributed by atoms with Gasteiger partial charge in [0.25, 0.3) is 5.91 Å². The van der Waals surface area contributed by atoms with Crippen LogP contribution in [-0.4, -0.2) is 5.91 Å². The van der Waals surface area contributed by atoms with Crippen molar-refractivity contribution in [1.29, 1.82) is 5.26 Å². The largest absolute Gasteiger partial charge is 0.488 e. The normalized spacial score (nSPS) is 11.0. The molecular formula is C25H19BrCl2N2O2. The molecule has 0 spiro atoms. The molecule has 0 aliphatic heterocycles. The molecule has 0 saturated carbocycles. The molecule has 0 atom stereocenters. The van der Waals surface area contributed by atoms with E-state index in [1.807, 2.05) is 43.3 Å². The number of hydrogen-bond acceptors (Lipinski definition) is 3. The molecule has 162 valence electrons. The third-order valence-corrected chi connectivity index (χ3v) is 6.02. The first-order chi connectivity index (χ1) is 15.4. The first-order valence-corrected chi connectivity index (χ1v) is 11.3. The van der Waals surface area contributed by atoms with Gasteiger partial charge in [-0.3, -0.25) is 4.79 Å². The number of nitrogens with one attached hydrogen (secondary N) is 1. The van der Waals surface area contributed by atoms with Crippen molar-refractivity contribution in [3.63, 3.8) is 0 Å². The van der Waals surface area contributed by atoms with E-state index in [0.717, 1.165) is 17.5 Å². The summed E-state index contributed by atoms with van der Waals surface area (Å²) in [6.45, 7) is 2.32. The number of nitrogens with zero attached hydrogens (tertiary/aromatic N) is 1. The lowest BCUT2D eigenvalue weighted by Gasteiger charge is -2.10. The van der Waals surface area contributed by atoms with Crippen LogP contribution < -0.4 is 10.1 Å². The SMILES string of the molecule is CCc1ccccc1NC(=O)/C(C#N)=C/c1ccc(OCc2ccc(Cl)c(Cl)c2)c(Br)c1. The second kappa shape index (κ2) is 11.2. The summed E-state index contributed by atoms with van der Waals surface area (Å²) >= 11 is 15.5. The van der Waals surface area contributed by atoms with Crippen LogP contribution in [0.5, 0.6) is 5.75 Å². The Balaban J connectivity index is 1.72. The number of benzene rings is 3. The molecule has 3 aromatic rings. The van der Waals surface area contributed by atoms with E-state index >= 15 is 0 Å². The maximum absolute atomic E-state index is 12.6. The summed E-state index contributed by atoms with van der Waals surface area (Å²) in [5, 5.41) is 13.3. The monoisotopic (exact) mass is 528 g/mol. The predicted octanol–water partition coefficient (Wildman–Crippen LogP) is 7.44. The van der Waals surface area contributed by atoms with Crippen LogP contribution in [0.3, 0.4) is 0 Å². The number of amides is 1. The number of carbonyl (C=O) groups is 1. The average Bonchev–Trinajstić information content (AvgIpc) is 2.79. The third-order valence-electron chi connectivity index (χ3n) is 4.66. The van der Waals surface area contributed by atoms with E-state index in [4.69, 9.17) is 27.9 Å². The maximum Gasteiger partial charge on any atom is 0.266 e. The summed E-state index contributed by atoms with van der Waals surface area (Å²) in [6, 6.07) is 20.2. The van der Waals surface area contributed by atoms with E-state index in [-0.39, 0.29) is 5.57 Å². The Hall–Kier alpha value is -2.78. The molecule has 32 heavy (non-hydrogen) atoms. The van der Waals surface area contributed by atoms with E-state index in [1.165, 1.54) is 6.08 Å². The minimum Gasteiger partial charge on any atom is -0.488 e. The summed E-state index contributed by atoms with van der Waals surface area (Å²) in [7, 11) is 0. The molecule has 3 aromatic carbocycles. The van der Waals surface area contributed by atoms with Gasteiger partial charge in [0.05, 0.1) is 14.5 Å². The quantitative estimate of drug-likeness (QED) is 0.255. The summed E-state index contributed by atoms with van der Waals surface area (Å²) in [4.78, 5) is 12.6. The predicted molar refractivity (Wildman–Crippen MR) is 133 cm³/mol. The molecule has 0 unspecified atom stereocenters. The topological polar surface area (TPSA) is 62.1 Å². The Morgan fingerprint density at radius 1 is 1.12 bits per heavy atom. The highest BCUT2D eigenvalue weighted by Gasteiger charge is 2.12. The first kappa shape index (κ1) is 23.9. The zero-order valence-corrected chi connectivity index (χ0v) is 20.3. The van der Waals surface area contributed by atoms with Gasteiger partial charge < -0.3 is 10.1 Å². The smallest absolute Gasteiger partial charge is 0.266 e. The van der Waals surface area contributed by atoms with Crippen molar-refractivity contribution >= 4 is 56.8 Å². The fourth-order valence-electron chi connectivity index (χ4n) is 2.97. The number of rotatable bonds is 7. The lowest BCUT2D eigenvalue weighted by atomic mass is 10.1. The molecule has 0 radical (unpaired) electrons. The van der Waals surface area contributed by atoms with Crippen molar-refractivity contribution in [2.24, 2.45) is 0 Å². The fourth-order valence-corrected chi connectivity index (χ4v) is 3.80. The molecule has 0 aliphatic carbocycles. The summed E-state index contributed by atoms with van der Waals surface area (Å²) in [5.74, 6) is 0.164. The van der Waals surface area contributed by atoms with Gasteiger partial charge in [-0.25, -0.2) is 0 Å². The second-order valence-electron chi connectivity index (χ2n) is 6.86. The molecule has 3 rings (SSSR count). The van der Waals surface area contributed by atoms with Gasteiger partial charge in [0.15, 0.2) is 0 Å². The van der Waals surface area contributed by atoms with Crippen molar-refractivity contribution in [2.75, 3.05) is 5.32 Å². The Labute approximate surface area is 205 Å². The lowest BCUT2D eigenvalue weighted by Crippen LogP contribution is -2.14. The van der Waals surface area contributed by atoms with Crippen LogP contribution in [0, 0.1) is 11.3 Å². The highest BCUT2D eigenvalue weighted by atomic mass is 79.9. The van der Waals surface area contributed by atoms with E-state index in [9.17, 15) is 10.1 Å². The number of nitriles is 1. The van der Waals surface area contributed by atoms with Crippen LogP contribution in [0.25, 0.3) is 6.08 Å². The minimum absolute atomic E-state index is 0.00674. The van der Waals surface area contributed by atoms with Crippen LogP contribution in [-0.2, 0) is 17.8 Å². The van der Waals surface area contributed by atoms with E-state index in [0.29, 0.717) is 38.1 Å². The first-order valence-electron chi connectivity index (χ1n) is 9.78. The number of ether oxygens (including phenoxy) is 1. The maximum atomic E-state index is 12.6. The molecule has 1 N–H and O–H groups in total. The molecule has 1 amide bonds. The molecule has 7 heteroatoms. The third kappa shape index (κ3) is 6.14. The Morgan fingerprint density at radius 2 is 1.91 bits per heavy atom. The zero-order valence-electron chi connectivity index (χ0n) is 17.2. The molecule has 0 aromatic heterocycles. The van der Waals surface area contributed by atoms with Gasteiger partial charge in [-0.2, -0.15) is 5.26 Å². The Morgan fingerprint density at radius 3 is 2.59 bits per heavy atom. The van der Waals surface area contributed by atoms with Gasteiger partial charge in [0.1, 0.15) is 24.0 Å². The van der Waals surface area contributed by atoms with E-state index in [1.54, 1.807) is 30.3 Å². The van der Waals surface area contributed by atoms with Crippen LogP contribution in [0.4, 0.5) is 5.69 Å². The van der Waals surface area contributed by atoms with Crippen LogP contribution in [0.2, 0.25) is 10.0 Å². The number of anilines is 1. The highest BCUT2D eigenvalue weighted by Crippen LogP contribution is 2.29. The lowest BCUT2D eigenvalue weighted by molar-refractivity contribution is -0.112. The second-order valence-corrected chi connectivity index (χ2v) is 8.53. The molecule has 4 nitrogen and oxygen atoms in total. The van der Waals surface area contributed by atoms with E-state index < -0.39 is 5.91 Å². The van der Waals surface area contributed by atoms with E-state index in [2.05, 4.69) is 21.2 Å². The van der Waals surface area contributed by atoms with Crippen LogP contribution >= 0.6 is 39.1 Å². The standard InChI is InChI=1S/C25H19BrCl2N2O2/c1-2-18-5-3-4-6-23(18)30-25(31)19(14-29)11-16-8-10-24(20(26)12-16)32-15-17-7-9-21(27)22(28)13-17/h3-13H,2,15H2,1H3,(H,30,31)/b19-11+. The summed E-state index contributed by atoms with van der Waals surface area (Å²) in [6.07, 6.45) is 2.32. The van der Waals surface area contributed by atoms with Crippen molar-refractivity contribution < 1.29 is 9.53 Å². The minimum atomic E-state index is -0.454. The summed E-state index contributed by atoms with van der Waals surface area (Å²) < 4.78 is 6.54. The summed E-state index contributed by atoms with van der Waals surface area (Å²) in [5.41, 5.74) is 3.28. The molecule has 0 fully saturated rings. The average molecular weight is 530 g/mol. The zero-order chi connectivity index (χ0) is 23.1. The molecular weight excluding hydrogens is 511 g/mol. The number of aryl methyl sites for hydroxylation is 1. The van der Waals surface area contributed by atoms with Crippen LogP contribution in [0.1, 0.15) is 23.6 Å². The fraction of sp³-hybridized carbons (Fsp3) is 0.120. The highest BCUT2D eigenvalue weighted by molar-refractivity contribution is 9.10. The Bertz CT molecular complexity index is 1220. The van der Waals surface area contributed by atoms with Gasteiger partial charge in [0, 0.05) is 5.69 Å². The number of halogens is 3. The molecule has 0 heterocycles. The number of carbonyl (C=O) groups excluding carboxylic acids is 1. The van der Waals surface area contributed by atoms with Crippen molar-refractivity contribution in [3.8, 4) is 11.8 Å². The van der Waals surface area contributed by atoms with Gasteiger partial charge in [-0.15, -0.1) is 0 Å². The molecule has 0 bridgehead atoms. The van der Waals surface area contributed by atoms with Gasteiger partial charge >= 0.3 is 0 Å².